The summed E-state index contributed by atoms with van der Waals surface area (Å²) in [6, 6.07) is 4.76. The number of aromatic amines is 1. The summed E-state index contributed by atoms with van der Waals surface area (Å²) in [6.07, 6.45) is 2.31. The molecule has 1 aliphatic rings. The molecule has 0 bridgehead atoms. The Labute approximate surface area is 116 Å². The number of hydrogen-bond donors (Lipinski definition) is 3. The number of fused-ring (bicyclic) bond motifs is 3. The quantitative estimate of drug-likeness (QED) is 0.794. The molecule has 4 nitrogen and oxygen atoms in total. The molecule has 2 aromatic rings. The SMILES string of the molecule is NCCNC(=O)C1CCc2[nH]c3ccc(F)cc3c2C1. The highest BCUT2D eigenvalue weighted by Crippen LogP contribution is 2.32. The van der Waals surface area contributed by atoms with Gasteiger partial charge in [-0.2, -0.15) is 0 Å². The van der Waals surface area contributed by atoms with Crippen LogP contribution in [0.15, 0.2) is 18.2 Å². The van der Waals surface area contributed by atoms with Crippen molar-refractivity contribution in [1.29, 1.82) is 0 Å². The zero-order valence-corrected chi connectivity index (χ0v) is 11.2. The van der Waals surface area contributed by atoms with Crippen LogP contribution in [-0.2, 0) is 17.6 Å². The summed E-state index contributed by atoms with van der Waals surface area (Å²) in [5.74, 6) is -0.239. The van der Waals surface area contributed by atoms with E-state index in [-0.39, 0.29) is 17.6 Å². The smallest absolute Gasteiger partial charge is 0.223 e. The summed E-state index contributed by atoms with van der Waals surface area (Å²) in [4.78, 5) is 15.4. The summed E-state index contributed by atoms with van der Waals surface area (Å²) < 4.78 is 13.4. The van der Waals surface area contributed by atoms with Gasteiger partial charge in [-0.15, -0.1) is 0 Å². The summed E-state index contributed by atoms with van der Waals surface area (Å²) in [7, 11) is 0. The average Bonchev–Trinajstić information content (AvgIpc) is 2.82. The molecule has 1 aromatic carbocycles. The predicted molar refractivity (Wildman–Crippen MR) is 75.8 cm³/mol. The van der Waals surface area contributed by atoms with Crippen molar-refractivity contribution >= 4 is 16.8 Å². The molecule has 1 heterocycles. The predicted octanol–water partition coefficient (Wildman–Crippen LogP) is 1.49. The van der Waals surface area contributed by atoms with Crippen molar-refractivity contribution in [3.05, 3.63) is 35.3 Å². The number of nitrogens with two attached hydrogens (primary N) is 1. The van der Waals surface area contributed by atoms with Gasteiger partial charge < -0.3 is 16.0 Å². The summed E-state index contributed by atoms with van der Waals surface area (Å²) in [5.41, 5.74) is 8.55. The number of rotatable bonds is 3. The van der Waals surface area contributed by atoms with E-state index in [9.17, 15) is 9.18 Å². The Morgan fingerprint density at radius 3 is 3.15 bits per heavy atom. The molecule has 0 fully saturated rings. The number of carbonyl (C=O) groups is 1. The third kappa shape index (κ3) is 2.29. The zero-order valence-electron chi connectivity index (χ0n) is 11.2. The Balaban J connectivity index is 1.88. The minimum atomic E-state index is -0.242. The maximum atomic E-state index is 13.4. The van der Waals surface area contributed by atoms with Crippen LogP contribution >= 0.6 is 0 Å². The molecule has 1 unspecified atom stereocenters. The first-order valence-corrected chi connectivity index (χ1v) is 6.96. The number of nitrogens with one attached hydrogen (secondary N) is 2. The molecule has 0 saturated heterocycles. The Hall–Kier alpha value is -1.88. The molecule has 5 heteroatoms. The number of amides is 1. The number of benzene rings is 1. The number of H-pyrrole nitrogens is 1. The molecule has 1 atom stereocenters. The third-order valence-corrected chi connectivity index (χ3v) is 3.96. The van der Waals surface area contributed by atoms with E-state index in [2.05, 4.69) is 10.3 Å². The van der Waals surface area contributed by atoms with E-state index >= 15 is 0 Å². The Morgan fingerprint density at radius 1 is 1.50 bits per heavy atom. The highest BCUT2D eigenvalue weighted by atomic mass is 19.1. The Bertz CT molecular complexity index is 650. The number of carbonyl (C=O) groups excluding carboxylic acids is 1. The van der Waals surface area contributed by atoms with E-state index in [0.29, 0.717) is 19.5 Å². The molecule has 0 radical (unpaired) electrons. The van der Waals surface area contributed by atoms with E-state index in [4.69, 9.17) is 5.73 Å². The van der Waals surface area contributed by atoms with Crippen LogP contribution in [0.2, 0.25) is 0 Å². The zero-order chi connectivity index (χ0) is 14.1. The van der Waals surface area contributed by atoms with Gasteiger partial charge in [0.2, 0.25) is 5.91 Å². The second-order valence-corrected chi connectivity index (χ2v) is 5.29. The van der Waals surface area contributed by atoms with Gasteiger partial charge in [-0.05, 0) is 43.0 Å². The van der Waals surface area contributed by atoms with Gasteiger partial charge in [0.05, 0.1) is 0 Å². The molecular weight excluding hydrogens is 257 g/mol. The number of hydrogen-bond acceptors (Lipinski definition) is 2. The molecule has 1 aliphatic carbocycles. The van der Waals surface area contributed by atoms with Gasteiger partial charge in [0.15, 0.2) is 0 Å². The van der Waals surface area contributed by atoms with Crippen molar-refractivity contribution in [2.45, 2.75) is 19.3 Å². The van der Waals surface area contributed by atoms with E-state index in [1.807, 2.05) is 0 Å². The fourth-order valence-electron chi connectivity index (χ4n) is 2.95. The minimum Gasteiger partial charge on any atom is -0.358 e. The molecule has 0 aliphatic heterocycles. The first kappa shape index (κ1) is 13.1. The summed E-state index contributed by atoms with van der Waals surface area (Å²) >= 11 is 0. The lowest BCUT2D eigenvalue weighted by atomic mass is 9.86. The third-order valence-electron chi connectivity index (χ3n) is 3.96. The maximum absolute atomic E-state index is 13.4. The van der Waals surface area contributed by atoms with Crippen molar-refractivity contribution in [2.75, 3.05) is 13.1 Å². The van der Waals surface area contributed by atoms with E-state index in [1.165, 1.54) is 6.07 Å². The van der Waals surface area contributed by atoms with Gasteiger partial charge in [0.25, 0.3) is 0 Å². The molecule has 20 heavy (non-hydrogen) atoms. The number of halogens is 1. The van der Waals surface area contributed by atoms with Crippen LogP contribution < -0.4 is 11.1 Å². The van der Waals surface area contributed by atoms with Crippen LogP contribution in [0.4, 0.5) is 4.39 Å². The van der Waals surface area contributed by atoms with Crippen LogP contribution in [0, 0.1) is 11.7 Å². The second-order valence-electron chi connectivity index (χ2n) is 5.29. The fraction of sp³-hybridized carbons (Fsp3) is 0.400. The average molecular weight is 275 g/mol. The van der Waals surface area contributed by atoms with E-state index in [0.717, 1.165) is 35.0 Å². The van der Waals surface area contributed by atoms with Crippen LogP contribution in [0.3, 0.4) is 0 Å². The number of aryl methyl sites for hydroxylation is 1. The summed E-state index contributed by atoms with van der Waals surface area (Å²) in [5, 5.41) is 3.74. The van der Waals surface area contributed by atoms with Crippen LogP contribution in [-0.4, -0.2) is 24.0 Å². The Morgan fingerprint density at radius 2 is 2.35 bits per heavy atom. The first-order chi connectivity index (χ1) is 9.69. The molecule has 106 valence electrons. The topological polar surface area (TPSA) is 70.9 Å². The van der Waals surface area contributed by atoms with Crippen LogP contribution in [0.1, 0.15) is 17.7 Å². The molecule has 0 saturated carbocycles. The summed E-state index contributed by atoms with van der Waals surface area (Å²) in [6.45, 7) is 0.951. The van der Waals surface area contributed by atoms with Crippen LogP contribution in [0.5, 0.6) is 0 Å². The second kappa shape index (κ2) is 5.25. The normalized spacial score (nSPS) is 18.0. The highest BCUT2D eigenvalue weighted by molar-refractivity contribution is 5.87. The van der Waals surface area contributed by atoms with Crippen LogP contribution in [0.25, 0.3) is 10.9 Å². The van der Waals surface area contributed by atoms with E-state index < -0.39 is 0 Å². The maximum Gasteiger partial charge on any atom is 0.223 e. The standard InChI is InChI=1S/C15H18FN3O/c16-10-2-4-14-12(8-10)11-7-9(1-3-13(11)19-14)15(20)18-6-5-17/h2,4,8-9,19H,1,3,5-7,17H2,(H,18,20). The van der Waals surface area contributed by atoms with Gasteiger partial charge in [0.1, 0.15) is 5.82 Å². The molecule has 1 amide bonds. The van der Waals surface area contributed by atoms with Crippen molar-refractivity contribution in [1.82, 2.24) is 10.3 Å². The number of aromatic nitrogens is 1. The van der Waals surface area contributed by atoms with Gasteiger partial charge in [-0.25, -0.2) is 4.39 Å². The lowest BCUT2D eigenvalue weighted by molar-refractivity contribution is -0.125. The van der Waals surface area contributed by atoms with Gasteiger partial charge in [-0.3, -0.25) is 4.79 Å². The minimum absolute atomic E-state index is 0.0451. The molecule has 0 spiro atoms. The molecular formula is C15H18FN3O. The van der Waals surface area contributed by atoms with Crippen molar-refractivity contribution in [3.8, 4) is 0 Å². The largest absolute Gasteiger partial charge is 0.358 e. The first-order valence-electron chi connectivity index (χ1n) is 6.96. The fourth-order valence-corrected chi connectivity index (χ4v) is 2.95. The van der Waals surface area contributed by atoms with Crippen molar-refractivity contribution in [3.63, 3.8) is 0 Å². The molecule has 4 N–H and O–H groups in total. The molecule has 3 rings (SSSR count). The lowest BCUT2D eigenvalue weighted by Gasteiger charge is -2.21. The van der Waals surface area contributed by atoms with Gasteiger partial charge in [0, 0.05) is 35.6 Å². The molecule has 1 aromatic heterocycles. The van der Waals surface area contributed by atoms with E-state index in [1.54, 1.807) is 12.1 Å². The monoisotopic (exact) mass is 275 g/mol. The van der Waals surface area contributed by atoms with Crippen molar-refractivity contribution in [2.24, 2.45) is 11.7 Å². The van der Waals surface area contributed by atoms with Gasteiger partial charge >= 0.3 is 0 Å². The lowest BCUT2D eigenvalue weighted by Crippen LogP contribution is -2.36. The highest BCUT2D eigenvalue weighted by Gasteiger charge is 2.27. The Kier molecular flexibility index (Phi) is 3.44. The van der Waals surface area contributed by atoms with Crippen molar-refractivity contribution < 1.29 is 9.18 Å². The van der Waals surface area contributed by atoms with Gasteiger partial charge in [-0.1, -0.05) is 0 Å².